The molecule has 1 fully saturated rings. The standard InChI is InChI=1S/C25H16Cl4N2O4/c1-13-18(27)3-2-4-21(13)31-24(33)17(23(32)30-25(31)34)11-15-10-16(26)6-8-22(15)35-12-14-5-7-19(28)20(29)9-14/h2-11H,12H2,1H3,(H,30,32,34)/b17-11+. The van der Waals surface area contributed by atoms with Crippen molar-refractivity contribution < 1.29 is 19.1 Å². The number of rotatable bonds is 5. The molecule has 0 saturated carbocycles. The van der Waals surface area contributed by atoms with Gasteiger partial charge in [0.1, 0.15) is 17.9 Å². The Balaban J connectivity index is 1.69. The van der Waals surface area contributed by atoms with Gasteiger partial charge in [-0.3, -0.25) is 14.9 Å². The van der Waals surface area contributed by atoms with Crippen molar-refractivity contribution in [2.45, 2.75) is 13.5 Å². The predicted molar refractivity (Wildman–Crippen MR) is 137 cm³/mol. The molecule has 0 aromatic heterocycles. The van der Waals surface area contributed by atoms with E-state index in [2.05, 4.69) is 5.32 Å². The first kappa shape index (κ1) is 25.1. The van der Waals surface area contributed by atoms with Crippen LogP contribution in [0.25, 0.3) is 6.08 Å². The van der Waals surface area contributed by atoms with Crippen LogP contribution in [0.15, 0.2) is 60.2 Å². The minimum Gasteiger partial charge on any atom is -0.488 e. The van der Waals surface area contributed by atoms with Gasteiger partial charge in [-0.25, -0.2) is 9.69 Å². The summed E-state index contributed by atoms with van der Waals surface area (Å²) in [5.41, 5.74) is 1.63. The molecule has 0 aliphatic carbocycles. The van der Waals surface area contributed by atoms with Gasteiger partial charge >= 0.3 is 6.03 Å². The second-order valence-electron chi connectivity index (χ2n) is 7.56. The van der Waals surface area contributed by atoms with E-state index >= 15 is 0 Å². The molecule has 0 spiro atoms. The molecule has 1 N–H and O–H groups in total. The Kier molecular flexibility index (Phi) is 7.38. The summed E-state index contributed by atoms with van der Waals surface area (Å²) < 4.78 is 5.91. The topological polar surface area (TPSA) is 75.7 Å². The van der Waals surface area contributed by atoms with Crippen molar-refractivity contribution in [2.24, 2.45) is 0 Å². The largest absolute Gasteiger partial charge is 0.488 e. The first-order valence-electron chi connectivity index (χ1n) is 10.2. The van der Waals surface area contributed by atoms with Gasteiger partial charge in [0.25, 0.3) is 11.8 Å². The molecule has 0 radical (unpaired) electrons. The number of hydrogen-bond donors (Lipinski definition) is 1. The van der Waals surface area contributed by atoms with E-state index in [-0.39, 0.29) is 17.9 Å². The first-order chi connectivity index (χ1) is 16.7. The van der Waals surface area contributed by atoms with E-state index in [0.717, 1.165) is 10.5 Å². The third-order valence-corrected chi connectivity index (χ3v) is 6.62. The average molecular weight is 550 g/mol. The van der Waals surface area contributed by atoms with E-state index < -0.39 is 17.8 Å². The van der Waals surface area contributed by atoms with Gasteiger partial charge in [-0.15, -0.1) is 0 Å². The molecule has 10 heteroatoms. The number of nitrogens with one attached hydrogen (secondary N) is 1. The monoisotopic (exact) mass is 548 g/mol. The summed E-state index contributed by atoms with van der Waals surface area (Å²) in [6, 6.07) is 13.8. The summed E-state index contributed by atoms with van der Waals surface area (Å²) in [5.74, 6) is -1.29. The molecule has 1 aliphatic heterocycles. The normalized spacial score (nSPS) is 14.9. The number of hydrogen-bond acceptors (Lipinski definition) is 4. The molecule has 0 atom stereocenters. The maximum Gasteiger partial charge on any atom is 0.335 e. The van der Waals surface area contributed by atoms with Crippen LogP contribution in [0.2, 0.25) is 20.1 Å². The summed E-state index contributed by atoms with van der Waals surface area (Å²) in [5, 5.41) is 3.73. The Labute approximate surface area is 221 Å². The SMILES string of the molecule is Cc1c(Cl)cccc1N1C(=O)NC(=O)/C(=C\c2cc(Cl)ccc2OCc2ccc(Cl)c(Cl)c2)C1=O. The molecule has 1 heterocycles. The number of benzene rings is 3. The van der Waals surface area contributed by atoms with Crippen molar-refractivity contribution in [3.8, 4) is 5.75 Å². The molecule has 1 saturated heterocycles. The molecule has 6 nitrogen and oxygen atoms in total. The van der Waals surface area contributed by atoms with Crippen molar-refractivity contribution in [2.75, 3.05) is 4.90 Å². The van der Waals surface area contributed by atoms with Gasteiger partial charge < -0.3 is 4.74 Å². The van der Waals surface area contributed by atoms with Crippen LogP contribution >= 0.6 is 46.4 Å². The molecule has 3 aromatic rings. The lowest BCUT2D eigenvalue weighted by molar-refractivity contribution is -0.122. The predicted octanol–water partition coefficient (Wildman–Crippen LogP) is 6.85. The smallest absolute Gasteiger partial charge is 0.335 e. The van der Waals surface area contributed by atoms with Crippen molar-refractivity contribution in [3.63, 3.8) is 0 Å². The Bertz CT molecular complexity index is 1400. The summed E-state index contributed by atoms with van der Waals surface area (Å²) in [6.45, 7) is 1.81. The van der Waals surface area contributed by atoms with E-state index in [0.29, 0.717) is 37.0 Å². The van der Waals surface area contributed by atoms with E-state index in [1.807, 2.05) is 0 Å². The van der Waals surface area contributed by atoms with E-state index in [1.165, 1.54) is 6.08 Å². The van der Waals surface area contributed by atoms with E-state index in [9.17, 15) is 14.4 Å². The summed E-state index contributed by atoms with van der Waals surface area (Å²) >= 11 is 24.4. The maximum atomic E-state index is 13.3. The van der Waals surface area contributed by atoms with Gasteiger partial charge in [-0.1, -0.05) is 58.5 Å². The Hall–Kier alpha value is -3.03. The zero-order chi connectivity index (χ0) is 25.3. The highest BCUT2D eigenvalue weighted by atomic mass is 35.5. The number of nitrogens with zero attached hydrogens (tertiary/aromatic N) is 1. The van der Waals surface area contributed by atoms with Crippen LogP contribution in [0.3, 0.4) is 0 Å². The third-order valence-electron chi connectivity index (χ3n) is 5.23. The van der Waals surface area contributed by atoms with Gasteiger partial charge in [0, 0.05) is 15.6 Å². The fraction of sp³-hybridized carbons (Fsp3) is 0.0800. The van der Waals surface area contributed by atoms with Crippen LogP contribution in [-0.4, -0.2) is 17.8 Å². The van der Waals surface area contributed by atoms with Crippen molar-refractivity contribution in [1.29, 1.82) is 0 Å². The summed E-state index contributed by atoms with van der Waals surface area (Å²) in [4.78, 5) is 39.3. The Morgan fingerprint density at radius 1 is 0.914 bits per heavy atom. The van der Waals surface area contributed by atoms with Crippen molar-refractivity contribution in [1.82, 2.24) is 5.32 Å². The number of urea groups is 1. The van der Waals surface area contributed by atoms with Crippen LogP contribution in [0.4, 0.5) is 10.5 Å². The fourth-order valence-electron chi connectivity index (χ4n) is 3.42. The van der Waals surface area contributed by atoms with Crippen molar-refractivity contribution in [3.05, 3.63) is 97.0 Å². The third kappa shape index (κ3) is 5.31. The number of barbiturate groups is 1. The van der Waals surface area contributed by atoms with Gasteiger partial charge in [-0.2, -0.15) is 0 Å². The molecule has 0 unspecified atom stereocenters. The highest BCUT2D eigenvalue weighted by Crippen LogP contribution is 2.32. The minimum absolute atomic E-state index is 0.140. The van der Waals surface area contributed by atoms with Gasteiger partial charge in [0.2, 0.25) is 0 Å². The number of carbonyl (C=O) groups excluding carboxylic acids is 3. The van der Waals surface area contributed by atoms with Crippen LogP contribution < -0.4 is 15.0 Å². The van der Waals surface area contributed by atoms with Crippen LogP contribution in [0, 0.1) is 6.92 Å². The minimum atomic E-state index is -0.871. The molecule has 0 bridgehead atoms. The lowest BCUT2D eigenvalue weighted by Crippen LogP contribution is -2.54. The number of halogens is 4. The van der Waals surface area contributed by atoms with Gasteiger partial charge in [-0.05, 0) is 66.6 Å². The molecule has 1 aliphatic rings. The highest BCUT2D eigenvalue weighted by molar-refractivity contribution is 6.42. The lowest BCUT2D eigenvalue weighted by Gasteiger charge is -2.27. The van der Waals surface area contributed by atoms with Crippen LogP contribution in [0.1, 0.15) is 16.7 Å². The van der Waals surface area contributed by atoms with Gasteiger partial charge in [0.05, 0.1) is 15.7 Å². The maximum absolute atomic E-state index is 13.3. The number of carbonyl (C=O) groups is 3. The lowest BCUT2D eigenvalue weighted by atomic mass is 10.0. The average Bonchev–Trinajstić information content (AvgIpc) is 2.81. The quantitative estimate of drug-likeness (QED) is 0.279. The van der Waals surface area contributed by atoms with Crippen LogP contribution in [-0.2, 0) is 16.2 Å². The van der Waals surface area contributed by atoms with E-state index in [4.69, 9.17) is 51.1 Å². The molecule has 4 rings (SSSR count). The van der Waals surface area contributed by atoms with Crippen LogP contribution in [0.5, 0.6) is 5.75 Å². The molecular formula is C25H16Cl4N2O4. The second-order valence-corrected chi connectivity index (χ2v) is 9.22. The van der Waals surface area contributed by atoms with E-state index in [1.54, 1.807) is 61.5 Å². The zero-order valence-electron chi connectivity index (χ0n) is 18.1. The summed E-state index contributed by atoms with van der Waals surface area (Å²) in [6.07, 6.45) is 1.33. The molecule has 178 valence electrons. The van der Waals surface area contributed by atoms with Gasteiger partial charge in [0.15, 0.2) is 0 Å². The summed E-state index contributed by atoms with van der Waals surface area (Å²) in [7, 11) is 0. The molecule has 35 heavy (non-hydrogen) atoms. The number of anilines is 1. The molecule has 4 amide bonds. The first-order valence-corrected chi connectivity index (χ1v) is 11.7. The number of ether oxygens (including phenoxy) is 1. The number of amides is 4. The van der Waals surface area contributed by atoms with Crippen molar-refractivity contribution >= 4 is 76.0 Å². The highest BCUT2D eigenvalue weighted by Gasteiger charge is 2.37. The molecule has 3 aromatic carbocycles. The Morgan fingerprint density at radius 2 is 1.69 bits per heavy atom. The zero-order valence-corrected chi connectivity index (χ0v) is 21.1. The Morgan fingerprint density at radius 3 is 2.43 bits per heavy atom. The number of imide groups is 2. The fourth-order valence-corrected chi connectivity index (χ4v) is 4.09. The second kappa shape index (κ2) is 10.3. The molecular weight excluding hydrogens is 534 g/mol.